The van der Waals surface area contributed by atoms with E-state index in [1.807, 2.05) is 19.1 Å². The third-order valence-corrected chi connectivity index (χ3v) is 14.2. The summed E-state index contributed by atoms with van der Waals surface area (Å²) in [6.45, 7) is 9.97. The van der Waals surface area contributed by atoms with Crippen LogP contribution in [0, 0.1) is 12.8 Å². The first-order chi connectivity index (χ1) is 15.8. The highest BCUT2D eigenvalue weighted by Crippen LogP contribution is 2.33. The van der Waals surface area contributed by atoms with Crippen LogP contribution in [0.1, 0.15) is 51.2 Å². The number of sulfonamides is 1. The van der Waals surface area contributed by atoms with Crippen LogP contribution in [0.5, 0.6) is 0 Å². The van der Waals surface area contributed by atoms with Gasteiger partial charge >= 0.3 is 0 Å². The van der Waals surface area contributed by atoms with E-state index in [4.69, 9.17) is 4.43 Å². The second kappa shape index (κ2) is 11.8. The highest BCUT2D eigenvalue weighted by atomic mass is 32.2. The van der Waals surface area contributed by atoms with Crippen LogP contribution in [0.4, 0.5) is 0 Å². The smallest absolute Gasteiger partial charge is 0.243 e. The van der Waals surface area contributed by atoms with Gasteiger partial charge in [0.2, 0.25) is 10.0 Å². The van der Waals surface area contributed by atoms with Gasteiger partial charge in [-0.2, -0.15) is 4.31 Å². The molecular weight excluding hydrogens is 446 g/mol. The maximum absolute atomic E-state index is 13.2. The molecule has 1 aliphatic rings. The molecule has 0 aromatic heterocycles. The topological polar surface area (TPSA) is 46.6 Å². The Balaban J connectivity index is 1.71. The minimum atomic E-state index is -3.43. The number of benzene rings is 2. The molecule has 1 heterocycles. The Kier molecular flexibility index (Phi) is 9.33. The van der Waals surface area contributed by atoms with E-state index in [0.717, 1.165) is 49.4 Å². The van der Waals surface area contributed by atoms with Crippen LogP contribution in [0.25, 0.3) is 0 Å². The van der Waals surface area contributed by atoms with E-state index in [1.165, 1.54) is 5.56 Å². The largest absolute Gasteiger partial charge is 0.414 e. The lowest BCUT2D eigenvalue weighted by Crippen LogP contribution is -2.46. The van der Waals surface area contributed by atoms with Crippen molar-refractivity contribution in [1.29, 1.82) is 0 Å². The van der Waals surface area contributed by atoms with Gasteiger partial charge in [0.05, 0.1) is 4.90 Å². The predicted octanol–water partition coefficient (Wildman–Crippen LogP) is 6.42. The minimum absolute atomic E-state index is 0.209. The van der Waals surface area contributed by atoms with Gasteiger partial charge in [-0.15, -0.1) is 0 Å². The lowest BCUT2D eigenvalue weighted by Gasteiger charge is -2.40. The van der Waals surface area contributed by atoms with Gasteiger partial charge in [0.15, 0.2) is 8.32 Å². The van der Waals surface area contributed by atoms with Crippen LogP contribution < -0.4 is 0 Å². The van der Waals surface area contributed by atoms with E-state index in [2.05, 4.69) is 51.1 Å². The van der Waals surface area contributed by atoms with Crippen molar-refractivity contribution < 1.29 is 12.8 Å². The summed E-state index contributed by atoms with van der Waals surface area (Å²) in [6.07, 6.45) is 3.96. The first kappa shape index (κ1) is 26.1. The van der Waals surface area contributed by atoms with Crippen molar-refractivity contribution >= 4 is 18.3 Å². The predicted molar refractivity (Wildman–Crippen MR) is 139 cm³/mol. The Hall–Kier alpha value is -1.47. The van der Waals surface area contributed by atoms with Crippen LogP contribution in [0.15, 0.2) is 59.5 Å². The maximum atomic E-state index is 13.2. The first-order valence-electron chi connectivity index (χ1n) is 12.6. The van der Waals surface area contributed by atoms with E-state index < -0.39 is 18.3 Å². The van der Waals surface area contributed by atoms with Crippen LogP contribution in [-0.4, -0.2) is 40.2 Å². The van der Waals surface area contributed by atoms with Crippen molar-refractivity contribution in [1.82, 2.24) is 4.31 Å². The quantitative estimate of drug-likeness (QED) is 0.344. The second-order valence-electron chi connectivity index (χ2n) is 9.48. The summed E-state index contributed by atoms with van der Waals surface area (Å²) in [7, 11) is -5.18. The lowest BCUT2D eigenvalue weighted by atomic mass is 9.89. The van der Waals surface area contributed by atoms with Crippen LogP contribution in [0.2, 0.25) is 18.1 Å². The van der Waals surface area contributed by atoms with Crippen LogP contribution in [-0.2, 0) is 20.9 Å². The molecule has 2 aromatic rings. The van der Waals surface area contributed by atoms with Gasteiger partial charge in [-0.05, 0) is 74.4 Å². The molecule has 0 saturated carbocycles. The van der Waals surface area contributed by atoms with Crippen molar-refractivity contribution in [3.63, 3.8) is 0 Å². The molecule has 1 unspecified atom stereocenters. The molecule has 0 spiro atoms. The molecule has 1 aliphatic heterocycles. The molecule has 3 rings (SSSR count). The molecule has 4 nitrogen and oxygen atoms in total. The molecular formula is C27H41NO3SSi. The summed E-state index contributed by atoms with van der Waals surface area (Å²) in [5.74, 6) is 0.412. The monoisotopic (exact) mass is 487 g/mol. The molecule has 0 N–H and O–H groups in total. The van der Waals surface area contributed by atoms with E-state index in [0.29, 0.717) is 23.9 Å². The van der Waals surface area contributed by atoms with E-state index in [1.54, 1.807) is 16.4 Å². The summed E-state index contributed by atoms with van der Waals surface area (Å²) >= 11 is 0. The summed E-state index contributed by atoms with van der Waals surface area (Å²) in [5, 5.41) is 0. The Morgan fingerprint density at radius 2 is 1.52 bits per heavy atom. The second-order valence-corrected chi connectivity index (χ2v) is 16.1. The standard InChI is InChI=1S/C27H41NO3SSi/c1-5-33(6-2,7-3)31-27(18-15-24-11-9-8-10-12-24)25-19-21-28(22-20-25)32(29,30)26-16-13-23(4)14-17-26/h8-14,16-17,25,27H,5-7,15,18-22H2,1-4H3. The summed E-state index contributed by atoms with van der Waals surface area (Å²) in [5.41, 5.74) is 2.42. The molecule has 0 amide bonds. The highest BCUT2D eigenvalue weighted by Gasteiger charge is 2.37. The van der Waals surface area contributed by atoms with Gasteiger partial charge in [-0.3, -0.25) is 0 Å². The molecule has 1 saturated heterocycles. The van der Waals surface area contributed by atoms with Crippen LogP contribution in [0.3, 0.4) is 0 Å². The zero-order chi connectivity index (χ0) is 23.9. The van der Waals surface area contributed by atoms with E-state index >= 15 is 0 Å². The molecule has 1 fully saturated rings. The molecule has 6 heteroatoms. The van der Waals surface area contributed by atoms with Gasteiger partial charge in [-0.1, -0.05) is 68.8 Å². The summed E-state index contributed by atoms with van der Waals surface area (Å²) in [6, 6.07) is 21.3. The Morgan fingerprint density at radius 1 is 0.939 bits per heavy atom. The fourth-order valence-electron chi connectivity index (χ4n) is 5.01. The summed E-state index contributed by atoms with van der Waals surface area (Å²) in [4.78, 5) is 0.401. The van der Waals surface area contributed by atoms with E-state index in [-0.39, 0.29) is 6.10 Å². The number of aryl methyl sites for hydroxylation is 2. The molecule has 0 aliphatic carbocycles. The Bertz CT molecular complexity index is 942. The maximum Gasteiger partial charge on any atom is 0.243 e. The molecule has 33 heavy (non-hydrogen) atoms. The number of hydrogen-bond donors (Lipinski definition) is 0. The minimum Gasteiger partial charge on any atom is -0.414 e. The fraction of sp³-hybridized carbons (Fsp3) is 0.556. The molecule has 1 atom stereocenters. The molecule has 0 bridgehead atoms. The normalized spacial score (nSPS) is 17.2. The van der Waals surface area contributed by atoms with Crippen molar-refractivity contribution in [3.05, 3.63) is 65.7 Å². The molecule has 0 radical (unpaired) electrons. The van der Waals surface area contributed by atoms with Gasteiger partial charge in [-0.25, -0.2) is 8.42 Å². The fourth-order valence-corrected chi connectivity index (χ4v) is 9.44. The van der Waals surface area contributed by atoms with Gasteiger partial charge in [0.25, 0.3) is 0 Å². The average Bonchev–Trinajstić information content (AvgIpc) is 2.86. The number of piperidine rings is 1. The highest BCUT2D eigenvalue weighted by molar-refractivity contribution is 7.89. The first-order valence-corrected chi connectivity index (χ1v) is 16.6. The zero-order valence-corrected chi connectivity index (χ0v) is 22.6. The third kappa shape index (κ3) is 6.56. The molecule has 182 valence electrons. The Morgan fingerprint density at radius 3 is 2.06 bits per heavy atom. The SMILES string of the molecule is CC[Si](CC)(CC)OC(CCc1ccccc1)C1CCN(S(=O)(=O)c2ccc(C)cc2)CC1. The zero-order valence-electron chi connectivity index (χ0n) is 20.8. The third-order valence-electron chi connectivity index (χ3n) is 7.58. The van der Waals surface area contributed by atoms with Crippen molar-refractivity contribution in [2.45, 2.75) is 82.5 Å². The lowest BCUT2D eigenvalue weighted by molar-refractivity contribution is 0.0804. The van der Waals surface area contributed by atoms with Crippen molar-refractivity contribution in [2.24, 2.45) is 5.92 Å². The number of rotatable bonds is 11. The van der Waals surface area contributed by atoms with Gasteiger partial charge in [0, 0.05) is 19.2 Å². The van der Waals surface area contributed by atoms with Gasteiger partial charge in [0.1, 0.15) is 0 Å². The average molecular weight is 488 g/mol. The molecule has 2 aromatic carbocycles. The van der Waals surface area contributed by atoms with E-state index in [9.17, 15) is 8.42 Å². The Labute approximate surface area is 202 Å². The van der Waals surface area contributed by atoms with Gasteiger partial charge < -0.3 is 4.43 Å². The van der Waals surface area contributed by atoms with Crippen molar-refractivity contribution in [2.75, 3.05) is 13.1 Å². The number of nitrogens with zero attached hydrogens (tertiary/aromatic N) is 1. The van der Waals surface area contributed by atoms with Crippen molar-refractivity contribution in [3.8, 4) is 0 Å². The van der Waals surface area contributed by atoms with Crippen LogP contribution >= 0.6 is 0 Å². The number of hydrogen-bond acceptors (Lipinski definition) is 3. The summed E-state index contributed by atoms with van der Waals surface area (Å²) < 4.78 is 35.0.